The van der Waals surface area contributed by atoms with Gasteiger partial charge in [0.2, 0.25) is 0 Å². The number of anilines is 1. The normalized spacial score (nSPS) is 12.6. The molecule has 0 saturated carbocycles. The number of amides is 1. The van der Waals surface area contributed by atoms with Crippen molar-refractivity contribution in [3.05, 3.63) is 71.3 Å². The second kappa shape index (κ2) is 10.6. The van der Waals surface area contributed by atoms with Gasteiger partial charge in [-0.25, -0.2) is 9.51 Å². The third-order valence-electron chi connectivity index (χ3n) is 5.32. The van der Waals surface area contributed by atoms with E-state index >= 15 is 0 Å². The predicted octanol–water partition coefficient (Wildman–Crippen LogP) is 3.19. The Morgan fingerprint density at radius 2 is 2.09 bits per heavy atom. The summed E-state index contributed by atoms with van der Waals surface area (Å²) in [6.07, 6.45) is 6.14. The van der Waals surface area contributed by atoms with E-state index in [1.165, 1.54) is 13.3 Å². The van der Waals surface area contributed by atoms with E-state index < -0.39 is 6.10 Å². The molecule has 1 amide bonds. The van der Waals surface area contributed by atoms with Crippen LogP contribution in [0.2, 0.25) is 5.02 Å². The van der Waals surface area contributed by atoms with Crippen molar-refractivity contribution in [2.75, 3.05) is 26.1 Å². The Morgan fingerprint density at radius 3 is 2.83 bits per heavy atom. The number of nitrogens with one attached hydrogen (secondary N) is 1. The molecule has 1 aromatic carbocycles. The maximum atomic E-state index is 13.2. The van der Waals surface area contributed by atoms with Gasteiger partial charge in [0, 0.05) is 37.7 Å². The number of ether oxygens (including phenoxy) is 1. The molecule has 0 bridgehead atoms. The third kappa shape index (κ3) is 5.29. The van der Waals surface area contributed by atoms with Gasteiger partial charge in [-0.05, 0) is 42.6 Å². The van der Waals surface area contributed by atoms with Crippen LogP contribution < -0.4 is 5.32 Å². The number of hydrogen-bond acceptors (Lipinski definition) is 6. The highest BCUT2D eigenvalue weighted by Gasteiger charge is 2.17. The van der Waals surface area contributed by atoms with Crippen LogP contribution in [-0.2, 0) is 11.3 Å². The summed E-state index contributed by atoms with van der Waals surface area (Å²) in [6.45, 7) is 4.05. The number of methoxy groups -OCH3 is 1. The van der Waals surface area contributed by atoms with Gasteiger partial charge >= 0.3 is 0 Å². The van der Waals surface area contributed by atoms with E-state index in [9.17, 15) is 9.90 Å². The van der Waals surface area contributed by atoms with Crippen LogP contribution in [0.25, 0.3) is 16.6 Å². The van der Waals surface area contributed by atoms with Gasteiger partial charge in [0.15, 0.2) is 5.84 Å². The molecule has 0 aliphatic carbocycles. The van der Waals surface area contributed by atoms with E-state index in [2.05, 4.69) is 32.2 Å². The van der Waals surface area contributed by atoms with Crippen molar-refractivity contribution in [3.63, 3.8) is 0 Å². The number of pyridine rings is 1. The highest BCUT2D eigenvalue weighted by Crippen LogP contribution is 2.26. The number of halogens is 1. The molecule has 180 valence electrons. The smallest absolute Gasteiger partial charge is 0.259 e. The highest BCUT2D eigenvalue weighted by atomic mass is 35.5. The first-order valence-corrected chi connectivity index (χ1v) is 11.0. The number of hydrogen-bond donors (Lipinski definition) is 2. The molecule has 4 rings (SSSR count). The summed E-state index contributed by atoms with van der Waals surface area (Å²) >= 11 is 6.32. The van der Waals surface area contributed by atoms with Crippen LogP contribution in [0.3, 0.4) is 0 Å². The summed E-state index contributed by atoms with van der Waals surface area (Å²) in [6, 6.07) is 8.85. The van der Waals surface area contributed by atoms with Crippen LogP contribution in [0.4, 0.5) is 5.69 Å². The maximum Gasteiger partial charge on any atom is 0.259 e. The lowest BCUT2D eigenvalue weighted by Crippen LogP contribution is -2.21. The van der Waals surface area contributed by atoms with Gasteiger partial charge in [0.25, 0.3) is 5.91 Å². The number of aliphatic imine (C=N–C) groups is 2. The Bertz CT molecular complexity index is 1410. The van der Waals surface area contributed by atoms with Crippen LogP contribution in [0.1, 0.15) is 15.9 Å². The zero-order valence-corrected chi connectivity index (χ0v) is 20.0. The van der Waals surface area contributed by atoms with Crippen molar-refractivity contribution in [1.29, 1.82) is 0 Å². The highest BCUT2D eigenvalue weighted by molar-refractivity contribution is 6.34. The molecule has 3 heterocycles. The van der Waals surface area contributed by atoms with Crippen LogP contribution >= 0.6 is 11.6 Å². The summed E-state index contributed by atoms with van der Waals surface area (Å²) < 4.78 is 8.23. The van der Waals surface area contributed by atoms with Gasteiger partial charge in [-0.3, -0.25) is 14.5 Å². The summed E-state index contributed by atoms with van der Waals surface area (Å²) in [5, 5.41) is 21.8. The van der Waals surface area contributed by atoms with Crippen molar-refractivity contribution in [1.82, 2.24) is 19.4 Å². The van der Waals surface area contributed by atoms with Gasteiger partial charge in [-0.2, -0.15) is 10.2 Å². The Hall–Kier alpha value is -3.86. The lowest BCUT2D eigenvalue weighted by atomic mass is 10.1. The van der Waals surface area contributed by atoms with E-state index in [-0.39, 0.29) is 12.5 Å². The van der Waals surface area contributed by atoms with Crippen LogP contribution in [-0.4, -0.2) is 69.8 Å². The topological polar surface area (TPSA) is 118 Å². The predicted molar refractivity (Wildman–Crippen MR) is 136 cm³/mol. The minimum atomic E-state index is -0.660. The van der Waals surface area contributed by atoms with Crippen molar-refractivity contribution in [3.8, 4) is 11.1 Å². The summed E-state index contributed by atoms with van der Waals surface area (Å²) in [5.74, 6) is 0.0733. The van der Waals surface area contributed by atoms with E-state index in [0.29, 0.717) is 39.7 Å². The largest absolute Gasteiger partial charge is 0.389 e. The molecule has 0 fully saturated rings. The van der Waals surface area contributed by atoms with Gasteiger partial charge in [0.05, 0.1) is 53.4 Å². The number of benzene rings is 1. The first-order chi connectivity index (χ1) is 16.9. The number of aromatic nitrogens is 4. The molecule has 4 aromatic rings. The minimum Gasteiger partial charge on any atom is -0.389 e. The molecule has 0 unspecified atom stereocenters. The van der Waals surface area contributed by atoms with E-state index in [0.717, 1.165) is 11.1 Å². The van der Waals surface area contributed by atoms with Crippen molar-refractivity contribution < 1.29 is 14.6 Å². The number of amidine groups is 1. The molecule has 3 aromatic heterocycles. The molecular weight excluding hydrogens is 470 g/mol. The quantitative estimate of drug-likeness (QED) is 0.288. The minimum absolute atomic E-state index is 0.221. The molecule has 11 heteroatoms. The third-order valence-corrected chi connectivity index (χ3v) is 5.65. The second-order valence-corrected chi connectivity index (χ2v) is 8.12. The van der Waals surface area contributed by atoms with Crippen LogP contribution in [0, 0.1) is 0 Å². The molecule has 0 saturated heterocycles. The monoisotopic (exact) mass is 493 g/mol. The Labute approximate surface area is 206 Å². The first-order valence-electron chi connectivity index (χ1n) is 10.7. The fraction of sp³-hybridized carbons (Fsp3) is 0.208. The lowest BCUT2D eigenvalue weighted by molar-refractivity contribution is 0.0514. The molecule has 0 aliphatic rings. The number of carbonyl (C=O) groups excluding carboxylic acids is 1. The zero-order chi connectivity index (χ0) is 24.9. The number of aliphatic hydroxyl groups excluding tert-OH is 1. The Kier molecular flexibility index (Phi) is 7.35. The van der Waals surface area contributed by atoms with Gasteiger partial charge in [-0.15, -0.1) is 0 Å². The van der Waals surface area contributed by atoms with E-state index in [4.69, 9.17) is 16.3 Å². The molecular formula is C24H24ClN7O3. The van der Waals surface area contributed by atoms with Crippen molar-refractivity contribution >= 4 is 41.3 Å². The Balaban J connectivity index is 1.60. The SMILES string of the molecule is C=N/C(=N\C)c1ccc(Cl)c(NC(=O)c2cnn3ccc(-c4cnn(C[C@H](O)COC)c4)cc23)c1. The molecule has 0 spiro atoms. The second-order valence-electron chi connectivity index (χ2n) is 7.72. The van der Waals surface area contributed by atoms with Crippen molar-refractivity contribution in [2.45, 2.75) is 12.6 Å². The maximum absolute atomic E-state index is 13.2. The Morgan fingerprint density at radius 1 is 1.26 bits per heavy atom. The summed E-state index contributed by atoms with van der Waals surface area (Å²) in [5.41, 5.74) is 3.77. The van der Waals surface area contributed by atoms with Crippen molar-refractivity contribution in [2.24, 2.45) is 9.98 Å². The zero-order valence-electron chi connectivity index (χ0n) is 19.2. The molecule has 1 atom stereocenters. The number of nitrogens with zero attached hydrogens (tertiary/aromatic N) is 6. The summed E-state index contributed by atoms with van der Waals surface area (Å²) in [7, 11) is 3.14. The summed E-state index contributed by atoms with van der Waals surface area (Å²) in [4.78, 5) is 21.1. The molecule has 35 heavy (non-hydrogen) atoms. The molecule has 0 aliphatic heterocycles. The van der Waals surface area contributed by atoms with Gasteiger partial charge in [0.1, 0.15) is 0 Å². The number of aliphatic hydroxyl groups is 1. The molecule has 2 N–H and O–H groups in total. The number of rotatable bonds is 8. The van der Waals surface area contributed by atoms with Crippen LogP contribution in [0.5, 0.6) is 0 Å². The van der Waals surface area contributed by atoms with Crippen LogP contribution in [0.15, 0.2) is 65.1 Å². The first kappa shape index (κ1) is 24.3. The fourth-order valence-electron chi connectivity index (χ4n) is 3.65. The fourth-order valence-corrected chi connectivity index (χ4v) is 3.81. The van der Waals surface area contributed by atoms with Gasteiger partial charge < -0.3 is 15.2 Å². The number of carbonyl (C=O) groups is 1. The molecule has 10 nitrogen and oxygen atoms in total. The van der Waals surface area contributed by atoms with Gasteiger partial charge in [-0.1, -0.05) is 11.6 Å². The number of fused-ring (bicyclic) bond motifs is 1. The van der Waals surface area contributed by atoms with E-state index in [1.807, 2.05) is 18.3 Å². The standard InChI is InChI=1S/C24H24ClN7O3/c1-26-23(27-2)16-4-5-20(25)21(8-16)30-24(34)19-11-29-32-7-6-15(9-22(19)32)17-10-28-31(12-17)13-18(33)14-35-3/h4-12,18,33H,1,13-14H2,2-3H3,(H,30,34)/b27-23-/t18-/m0/s1. The lowest BCUT2D eigenvalue weighted by Gasteiger charge is -2.09. The molecule has 0 radical (unpaired) electrons. The average molecular weight is 494 g/mol. The van der Waals surface area contributed by atoms with E-state index in [1.54, 1.807) is 46.8 Å². The average Bonchev–Trinajstić information content (AvgIpc) is 3.48.